The number of rotatable bonds is 3. The Balaban J connectivity index is 1.82. The molecule has 2 aliphatic rings. The quantitative estimate of drug-likeness (QED) is 0.926. The predicted molar refractivity (Wildman–Crippen MR) is 80.6 cm³/mol. The second kappa shape index (κ2) is 5.66. The van der Waals surface area contributed by atoms with E-state index in [2.05, 4.69) is 12.1 Å². The van der Waals surface area contributed by atoms with Crippen molar-refractivity contribution in [3.63, 3.8) is 0 Å². The van der Waals surface area contributed by atoms with Crippen LogP contribution in [0.5, 0.6) is 0 Å². The molecular formula is C13H21N3OS2. The van der Waals surface area contributed by atoms with E-state index in [1.807, 2.05) is 23.5 Å². The molecule has 2 unspecified atom stereocenters. The van der Waals surface area contributed by atoms with Gasteiger partial charge in [0.25, 0.3) is 0 Å². The Bertz CT molecular complexity index is 431. The van der Waals surface area contributed by atoms with Gasteiger partial charge in [0.2, 0.25) is 5.89 Å². The molecule has 1 aromatic heterocycles. The first-order valence-corrected chi connectivity index (χ1v) is 9.12. The lowest BCUT2D eigenvalue weighted by atomic mass is 9.86. The van der Waals surface area contributed by atoms with Crippen molar-refractivity contribution in [2.24, 2.45) is 5.73 Å². The lowest BCUT2D eigenvalue weighted by Crippen LogP contribution is -2.32. The maximum atomic E-state index is 5.98. The van der Waals surface area contributed by atoms with Crippen LogP contribution in [0.2, 0.25) is 0 Å². The largest absolute Gasteiger partial charge is 0.339 e. The topological polar surface area (TPSA) is 64.9 Å². The van der Waals surface area contributed by atoms with E-state index in [1.54, 1.807) is 0 Å². The number of nitrogens with two attached hydrogens (primary N) is 1. The zero-order chi connectivity index (χ0) is 13.3. The van der Waals surface area contributed by atoms with Gasteiger partial charge in [0.15, 0.2) is 5.82 Å². The van der Waals surface area contributed by atoms with Gasteiger partial charge in [-0.3, -0.25) is 0 Å². The summed E-state index contributed by atoms with van der Waals surface area (Å²) in [7, 11) is 0. The molecule has 19 heavy (non-hydrogen) atoms. The molecule has 1 saturated carbocycles. The van der Waals surface area contributed by atoms with Gasteiger partial charge in [0.1, 0.15) is 0 Å². The fourth-order valence-corrected chi connectivity index (χ4v) is 5.72. The van der Waals surface area contributed by atoms with Crippen LogP contribution in [0.1, 0.15) is 49.6 Å². The van der Waals surface area contributed by atoms with Crippen molar-refractivity contribution < 1.29 is 4.52 Å². The number of nitrogens with zero attached hydrogens (tertiary/aromatic N) is 2. The van der Waals surface area contributed by atoms with Crippen LogP contribution in [0.4, 0.5) is 0 Å². The first-order valence-electron chi connectivity index (χ1n) is 7.02. The van der Waals surface area contributed by atoms with E-state index in [1.165, 1.54) is 24.3 Å². The van der Waals surface area contributed by atoms with Gasteiger partial charge >= 0.3 is 0 Å². The van der Waals surface area contributed by atoms with E-state index in [4.69, 9.17) is 15.2 Å². The van der Waals surface area contributed by atoms with Crippen molar-refractivity contribution in [3.05, 3.63) is 11.7 Å². The zero-order valence-electron chi connectivity index (χ0n) is 11.3. The van der Waals surface area contributed by atoms with Gasteiger partial charge in [-0.15, -0.1) is 11.8 Å². The number of thioether (sulfide) groups is 2. The summed E-state index contributed by atoms with van der Waals surface area (Å²) >= 11 is 3.95. The Morgan fingerprint density at radius 1 is 1.32 bits per heavy atom. The summed E-state index contributed by atoms with van der Waals surface area (Å²) in [5.41, 5.74) is 5.94. The molecule has 2 fully saturated rings. The first kappa shape index (κ1) is 13.8. The van der Waals surface area contributed by atoms with Crippen LogP contribution >= 0.6 is 23.5 Å². The zero-order valence-corrected chi connectivity index (χ0v) is 12.9. The van der Waals surface area contributed by atoms with Crippen molar-refractivity contribution in [2.75, 3.05) is 18.1 Å². The van der Waals surface area contributed by atoms with Crippen LogP contribution in [-0.4, -0.2) is 33.4 Å². The van der Waals surface area contributed by atoms with E-state index in [9.17, 15) is 0 Å². The third-order valence-electron chi connectivity index (χ3n) is 4.29. The minimum absolute atomic E-state index is 0.0407. The number of hydrogen-bond acceptors (Lipinski definition) is 6. The van der Waals surface area contributed by atoms with Crippen molar-refractivity contribution in [1.82, 2.24) is 10.1 Å². The fourth-order valence-electron chi connectivity index (χ4n) is 3.04. The standard InChI is InChI=1S/C13H21N3OS2/c1-9-10(19-7-6-18-9)11-15-12(17-16-11)13(8-14)4-2-3-5-13/h9-10H,2-8,14H2,1H3. The number of hydrogen-bond donors (Lipinski definition) is 1. The van der Waals surface area contributed by atoms with Gasteiger partial charge in [-0.25, -0.2) is 0 Å². The molecule has 1 saturated heterocycles. The van der Waals surface area contributed by atoms with E-state index >= 15 is 0 Å². The molecule has 0 spiro atoms. The molecule has 106 valence electrons. The van der Waals surface area contributed by atoms with Crippen LogP contribution < -0.4 is 5.73 Å². The van der Waals surface area contributed by atoms with E-state index < -0.39 is 0 Å². The SMILES string of the molecule is CC1SCCSC1c1noc(C2(CN)CCCC2)n1. The summed E-state index contributed by atoms with van der Waals surface area (Å²) in [5, 5.41) is 5.18. The Labute approximate surface area is 122 Å². The predicted octanol–water partition coefficient (Wildman–Crippen LogP) is 2.75. The summed E-state index contributed by atoms with van der Waals surface area (Å²) in [6, 6.07) is 0. The molecule has 0 amide bonds. The average Bonchev–Trinajstić information content (AvgIpc) is 3.09. The van der Waals surface area contributed by atoms with E-state index in [0.29, 0.717) is 17.0 Å². The van der Waals surface area contributed by atoms with Crippen LogP contribution in [0.25, 0.3) is 0 Å². The van der Waals surface area contributed by atoms with Gasteiger partial charge in [0, 0.05) is 23.3 Å². The highest BCUT2D eigenvalue weighted by Crippen LogP contribution is 2.43. The highest BCUT2D eigenvalue weighted by molar-refractivity contribution is 8.06. The number of aromatic nitrogens is 2. The molecule has 4 nitrogen and oxygen atoms in total. The molecule has 1 aliphatic carbocycles. The van der Waals surface area contributed by atoms with Gasteiger partial charge in [0.05, 0.1) is 10.7 Å². The smallest absolute Gasteiger partial charge is 0.234 e. The lowest BCUT2D eigenvalue weighted by molar-refractivity contribution is 0.283. The third-order valence-corrected chi connectivity index (χ3v) is 7.38. The van der Waals surface area contributed by atoms with Crippen LogP contribution in [0, 0.1) is 0 Å². The van der Waals surface area contributed by atoms with Crippen LogP contribution in [-0.2, 0) is 5.41 Å². The Morgan fingerprint density at radius 2 is 2.05 bits per heavy atom. The molecule has 2 atom stereocenters. The summed E-state index contributed by atoms with van der Waals surface area (Å²) in [5.74, 6) is 4.05. The second-order valence-corrected chi connectivity index (χ2v) is 8.25. The molecule has 2 N–H and O–H groups in total. The Morgan fingerprint density at radius 3 is 2.74 bits per heavy atom. The van der Waals surface area contributed by atoms with Crippen LogP contribution in [0.3, 0.4) is 0 Å². The Kier molecular flexibility index (Phi) is 4.10. The summed E-state index contributed by atoms with van der Waals surface area (Å²) in [6.07, 6.45) is 4.62. The average molecular weight is 299 g/mol. The van der Waals surface area contributed by atoms with Crippen molar-refractivity contribution >= 4 is 23.5 Å². The molecule has 0 bridgehead atoms. The molecule has 6 heteroatoms. The summed E-state index contributed by atoms with van der Waals surface area (Å²) in [4.78, 5) is 4.72. The van der Waals surface area contributed by atoms with Gasteiger partial charge < -0.3 is 10.3 Å². The highest BCUT2D eigenvalue weighted by atomic mass is 32.2. The van der Waals surface area contributed by atoms with Gasteiger partial charge in [-0.2, -0.15) is 16.7 Å². The molecule has 3 rings (SSSR count). The van der Waals surface area contributed by atoms with Crippen molar-refractivity contribution in [1.29, 1.82) is 0 Å². The third kappa shape index (κ3) is 2.54. The van der Waals surface area contributed by atoms with Crippen molar-refractivity contribution in [2.45, 2.75) is 48.5 Å². The molecule has 1 aliphatic heterocycles. The second-order valence-electron chi connectivity index (χ2n) is 5.52. The maximum Gasteiger partial charge on any atom is 0.234 e. The van der Waals surface area contributed by atoms with Gasteiger partial charge in [-0.05, 0) is 12.8 Å². The molecular weight excluding hydrogens is 278 g/mol. The van der Waals surface area contributed by atoms with E-state index in [0.717, 1.165) is 24.6 Å². The lowest BCUT2D eigenvalue weighted by Gasteiger charge is -2.25. The minimum Gasteiger partial charge on any atom is -0.339 e. The van der Waals surface area contributed by atoms with Crippen molar-refractivity contribution in [3.8, 4) is 0 Å². The van der Waals surface area contributed by atoms with Gasteiger partial charge in [-0.1, -0.05) is 24.9 Å². The molecule has 1 aromatic rings. The summed E-state index contributed by atoms with van der Waals surface area (Å²) in [6.45, 7) is 2.88. The first-order chi connectivity index (χ1) is 9.25. The summed E-state index contributed by atoms with van der Waals surface area (Å²) < 4.78 is 5.58. The normalized spacial score (nSPS) is 30.6. The Hall–Kier alpha value is -0.200. The fraction of sp³-hybridized carbons (Fsp3) is 0.846. The molecule has 0 aromatic carbocycles. The maximum absolute atomic E-state index is 5.98. The van der Waals surface area contributed by atoms with E-state index in [-0.39, 0.29) is 5.41 Å². The minimum atomic E-state index is -0.0407. The monoisotopic (exact) mass is 299 g/mol. The molecule has 2 heterocycles. The van der Waals surface area contributed by atoms with Crippen LogP contribution in [0.15, 0.2) is 4.52 Å². The highest BCUT2D eigenvalue weighted by Gasteiger charge is 2.40. The molecule has 0 radical (unpaired) electrons.